The summed E-state index contributed by atoms with van der Waals surface area (Å²) in [5, 5.41) is 23.9. The zero-order valence-electron chi connectivity index (χ0n) is 19.1. The minimum Gasteiger partial charge on any atom is -0.444 e. The van der Waals surface area contributed by atoms with Crippen LogP contribution in [0.3, 0.4) is 0 Å². The molecule has 7 atom stereocenters. The third kappa shape index (κ3) is 3.42. The van der Waals surface area contributed by atoms with Crippen LogP contribution in [-0.4, -0.2) is 51.3 Å². The van der Waals surface area contributed by atoms with Crippen molar-refractivity contribution in [2.24, 2.45) is 29.1 Å². The minimum absolute atomic E-state index is 0.0945. The summed E-state index contributed by atoms with van der Waals surface area (Å²) < 4.78 is 5.53. The molecule has 6 aliphatic rings. The minimum atomic E-state index is -0.762. The molecule has 5 saturated carbocycles. The molecular formula is C24H35N3O4. The zero-order valence-corrected chi connectivity index (χ0v) is 19.1. The Morgan fingerprint density at radius 2 is 1.84 bits per heavy atom. The Hall–Kier alpha value is -1.81. The number of aliphatic hydroxyl groups is 1. The van der Waals surface area contributed by atoms with Crippen molar-refractivity contribution in [3.63, 3.8) is 0 Å². The monoisotopic (exact) mass is 429 g/mol. The number of nitrogens with one attached hydrogen (secondary N) is 1. The molecule has 1 aliphatic heterocycles. The predicted molar refractivity (Wildman–Crippen MR) is 113 cm³/mol. The highest BCUT2D eigenvalue weighted by atomic mass is 16.6. The van der Waals surface area contributed by atoms with Gasteiger partial charge < -0.3 is 20.1 Å². The number of nitriles is 1. The lowest BCUT2D eigenvalue weighted by molar-refractivity contribution is -0.180. The van der Waals surface area contributed by atoms with Crippen molar-refractivity contribution >= 4 is 12.0 Å². The van der Waals surface area contributed by atoms with E-state index in [0.29, 0.717) is 30.1 Å². The molecule has 2 amide bonds. The maximum absolute atomic E-state index is 14.0. The first kappa shape index (κ1) is 21.1. The van der Waals surface area contributed by atoms with Crippen LogP contribution in [0.25, 0.3) is 0 Å². The standard InChI is InChI=1S/C24H35N3O4/c1-13-17-6-16(11-25)27(18(13)17)20(28)19(26-21(29)31-22(2,3)4)23-7-14-5-15(8-23)10-24(30,9-14)12-23/h13-19,30H,5-10,12H2,1-4H3,(H,26,29)/t13-,14?,15?,16-,17+,18-,19+,23?,24?/m0/s1. The summed E-state index contributed by atoms with van der Waals surface area (Å²) in [6.07, 6.45) is 5.03. The van der Waals surface area contributed by atoms with Crippen molar-refractivity contribution in [1.29, 1.82) is 5.26 Å². The van der Waals surface area contributed by atoms with Crippen LogP contribution in [0.2, 0.25) is 0 Å². The van der Waals surface area contributed by atoms with Crippen LogP contribution in [0.15, 0.2) is 0 Å². The summed E-state index contributed by atoms with van der Waals surface area (Å²) in [5.41, 5.74) is -1.88. The van der Waals surface area contributed by atoms with Crippen LogP contribution in [0, 0.1) is 40.4 Å². The fourth-order valence-corrected chi connectivity index (χ4v) is 8.00. The van der Waals surface area contributed by atoms with Crippen molar-refractivity contribution in [3.8, 4) is 6.07 Å². The predicted octanol–water partition coefficient (Wildman–Crippen LogP) is 2.97. The van der Waals surface area contributed by atoms with Gasteiger partial charge in [-0.25, -0.2) is 4.79 Å². The summed E-state index contributed by atoms with van der Waals surface area (Å²) in [5.74, 6) is 1.41. The van der Waals surface area contributed by atoms with Gasteiger partial charge in [0.25, 0.3) is 0 Å². The SMILES string of the molecule is C[C@H]1[C@H]2C[C@@H](C#N)N(C(=O)[C@@H](NC(=O)OC(C)(C)C)C34CC5CC(CC(O)(C5)C3)C4)[C@@H]12. The van der Waals surface area contributed by atoms with Gasteiger partial charge in [0.05, 0.1) is 11.7 Å². The summed E-state index contributed by atoms with van der Waals surface area (Å²) in [6, 6.07) is 1.22. The van der Waals surface area contributed by atoms with Gasteiger partial charge in [-0.15, -0.1) is 0 Å². The number of fused-ring (bicyclic) bond motifs is 1. The Kier molecular flexibility index (Phi) is 4.48. The molecule has 0 aromatic heterocycles. The largest absolute Gasteiger partial charge is 0.444 e. The number of hydrogen-bond acceptors (Lipinski definition) is 5. The number of nitrogens with zero attached hydrogens (tertiary/aromatic N) is 2. The first-order valence-corrected chi connectivity index (χ1v) is 11.9. The first-order valence-electron chi connectivity index (χ1n) is 11.9. The molecule has 31 heavy (non-hydrogen) atoms. The average molecular weight is 430 g/mol. The number of alkyl carbamates (subject to hydrolysis) is 1. The molecule has 2 unspecified atom stereocenters. The molecule has 0 aromatic rings. The molecule has 0 aromatic carbocycles. The van der Waals surface area contributed by atoms with E-state index in [0.717, 1.165) is 38.5 Å². The molecule has 6 rings (SSSR count). The summed E-state index contributed by atoms with van der Waals surface area (Å²) in [6.45, 7) is 7.55. The summed E-state index contributed by atoms with van der Waals surface area (Å²) in [7, 11) is 0. The molecule has 7 nitrogen and oxygen atoms in total. The highest BCUT2D eigenvalue weighted by molar-refractivity contribution is 5.88. The van der Waals surface area contributed by atoms with Gasteiger partial charge in [0.15, 0.2) is 0 Å². The first-order chi connectivity index (χ1) is 14.4. The van der Waals surface area contributed by atoms with Crippen LogP contribution >= 0.6 is 0 Å². The lowest BCUT2D eigenvalue weighted by Crippen LogP contribution is -2.66. The fraction of sp³-hybridized carbons (Fsp3) is 0.875. The molecule has 6 fully saturated rings. The van der Waals surface area contributed by atoms with Gasteiger partial charge >= 0.3 is 6.09 Å². The molecule has 0 spiro atoms. The van der Waals surface area contributed by atoms with Gasteiger partial charge in [-0.3, -0.25) is 4.79 Å². The number of rotatable bonds is 3. The van der Waals surface area contributed by atoms with Crippen molar-refractivity contribution < 1.29 is 19.4 Å². The van der Waals surface area contributed by atoms with Gasteiger partial charge in [-0.2, -0.15) is 5.26 Å². The molecule has 4 bridgehead atoms. The Bertz CT molecular complexity index is 829. The third-order valence-electron chi connectivity index (χ3n) is 8.66. The molecule has 7 heteroatoms. The average Bonchev–Trinajstić information content (AvgIpc) is 3.07. The van der Waals surface area contributed by atoms with Crippen LogP contribution in [0.1, 0.15) is 72.6 Å². The normalized spacial score (nSPS) is 45.6. The van der Waals surface area contributed by atoms with Crippen molar-refractivity contribution in [1.82, 2.24) is 10.2 Å². The molecule has 2 N–H and O–H groups in total. The Labute approximate surface area is 184 Å². The van der Waals surface area contributed by atoms with Crippen LogP contribution < -0.4 is 5.32 Å². The quantitative estimate of drug-likeness (QED) is 0.718. The van der Waals surface area contributed by atoms with E-state index in [-0.39, 0.29) is 11.9 Å². The van der Waals surface area contributed by atoms with E-state index < -0.39 is 34.8 Å². The van der Waals surface area contributed by atoms with Gasteiger partial charge in [-0.1, -0.05) is 6.92 Å². The molecule has 1 heterocycles. The van der Waals surface area contributed by atoms with E-state index in [1.165, 1.54) is 0 Å². The molecule has 1 saturated heterocycles. The Balaban J connectivity index is 1.48. The second-order valence-electron chi connectivity index (χ2n) is 12.3. The van der Waals surface area contributed by atoms with Crippen molar-refractivity contribution in [2.75, 3.05) is 0 Å². The van der Waals surface area contributed by atoms with Crippen molar-refractivity contribution in [3.05, 3.63) is 0 Å². The number of carbonyl (C=O) groups excluding carboxylic acids is 2. The molecular weight excluding hydrogens is 394 g/mol. The van der Waals surface area contributed by atoms with Gasteiger partial charge in [0.2, 0.25) is 5.91 Å². The van der Waals surface area contributed by atoms with E-state index >= 15 is 0 Å². The number of likely N-dealkylation sites (tertiary alicyclic amines) is 1. The van der Waals surface area contributed by atoms with Crippen molar-refractivity contribution in [2.45, 2.75) is 102 Å². The second-order valence-corrected chi connectivity index (χ2v) is 12.3. The van der Waals surface area contributed by atoms with Crippen LogP contribution in [-0.2, 0) is 9.53 Å². The molecule has 0 radical (unpaired) electrons. The highest BCUT2D eigenvalue weighted by Gasteiger charge is 2.65. The maximum atomic E-state index is 14.0. The lowest BCUT2D eigenvalue weighted by Gasteiger charge is -2.62. The van der Waals surface area contributed by atoms with Gasteiger partial charge in [0, 0.05) is 11.5 Å². The van der Waals surface area contributed by atoms with E-state index in [4.69, 9.17) is 4.74 Å². The summed E-state index contributed by atoms with van der Waals surface area (Å²) in [4.78, 5) is 28.6. The Morgan fingerprint density at radius 3 is 2.39 bits per heavy atom. The third-order valence-corrected chi connectivity index (χ3v) is 8.66. The van der Waals surface area contributed by atoms with Gasteiger partial charge in [0.1, 0.15) is 17.7 Å². The summed E-state index contributed by atoms with van der Waals surface area (Å²) >= 11 is 0. The number of carbonyl (C=O) groups is 2. The second kappa shape index (κ2) is 6.60. The fourth-order valence-electron chi connectivity index (χ4n) is 8.00. The maximum Gasteiger partial charge on any atom is 0.408 e. The highest BCUT2D eigenvalue weighted by Crippen LogP contribution is 2.63. The Morgan fingerprint density at radius 1 is 1.19 bits per heavy atom. The number of amides is 2. The van der Waals surface area contributed by atoms with E-state index in [1.807, 2.05) is 0 Å². The topological polar surface area (TPSA) is 103 Å². The van der Waals surface area contributed by atoms with Gasteiger partial charge in [-0.05, 0) is 89.4 Å². The molecule has 5 aliphatic carbocycles. The smallest absolute Gasteiger partial charge is 0.408 e. The number of piperidine rings is 1. The van der Waals surface area contributed by atoms with E-state index in [9.17, 15) is 20.0 Å². The molecule has 170 valence electrons. The number of ether oxygens (including phenoxy) is 1. The number of hydrogen-bond donors (Lipinski definition) is 2. The van der Waals surface area contributed by atoms with E-state index in [2.05, 4.69) is 18.3 Å². The lowest BCUT2D eigenvalue weighted by atomic mass is 9.46. The van der Waals surface area contributed by atoms with Crippen LogP contribution in [0.4, 0.5) is 4.79 Å². The van der Waals surface area contributed by atoms with E-state index in [1.54, 1.807) is 25.7 Å². The van der Waals surface area contributed by atoms with Crippen LogP contribution in [0.5, 0.6) is 0 Å². The zero-order chi connectivity index (χ0) is 22.3.